The van der Waals surface area contributed by atoms with E-state index in [9.17, 15) is 13.2 Å². The topological polar surface area (TPSA) is 37.6 Å². The molecule has 1 aromatic heterocycles. The fourth-order valence-corrected chi connectivity index (χ4v) is 4.14. The van der Waals surface area contributed by atoms with E-state index in [2.05, 4.69) is 23.0 Å². The fourth-order valence-electron chi connectivity index (χ4n) is 3.33. The van der Waals surface area contributed by atoms with Crippen molar-refractivity contribution in [1.29, 1.82) is 0 Å². The zero-order valence-corrected chi connectivity index (χ0v) is 16.0. The molecule has 0 saturated carbocycles. The van der Waals surface area contributed by atoms with E-state index < -0.39 is 11.9 Å². The number of thioether (sulfide) groups is 1. The van der Waals surface area contributed by atoms with E-state index in [1.807, 2.05) is 30.3 Å². The van der Waals surface area contributed by atoms with Crippen LogP contribution < -0.4 is 0 Å². The number of hydrogen-bond donors (Lipinski definition) is 0. The number of rotatable bonds is 3. The summed E-state index contributed by atoms with van der Waals surface area (Å²) in [5.74, 6) is 0.707. The van der Waals surface area contributed by atoms with Gasteiger partial charge >= 0.3 is 6.18 Å². The minimum Gasteiger partial charge on any atom is -0.256 e. The Balaban J connectivity index is 1.80. The maximum absolute atomic E-state index is 13.2. The first-order chi connectivity index (χ1) is 13.5. The Kier molecular flexibility index (Phi) is 5.10. The predicted octanol–water partition coefficient (Wildman–Crippen LogP) is 6.07. The fraction of sp³-hybridized carbons (Fsp3) is 0.286. The maximum atomic E-state index is 13.2. The number of fused-ring (bicyclic) bond motifs is 2. The second-order valence-corrected chi connectivity index (χ2v) is 7.88. The zero-order chi connectivity index (χ0) is 19.7. The van der Waals surface area contributed by atoms with Crippen LogP contribution in [0.3, 0.4) is 0 Å². The van der Waals surface area contributed by atoms with Gasteiger partial charge in [0.2, 0.25) is 0 Å². The third-order valence-corrected chi connectivity index (χ3v) is 5.54. The highest BCUT2D eigenvalue weighted by atomic mass is 32.2. The number of pyridine rings is 1. The number of nitrogens with zero attached hydrogens (tertiary/aromatic N) is 3. The molecule has 0 radical (unpaired) electrons. The number of benzene rings is 1. The van der Waals surface area contributed by atoms with Gasteiger partial charge < -0.3 is 0 Å². The van der Waals surface area contributed by atoms with Gasteiger partial charge in [0.25, 0.3) is 0 Å². The lowest BCUT2D eigenvalue weighted by molar-refractivity contribution is -0.0922. The van der Waals surface area contributed by atoms with Crippen LogP contribution in [0.1, 0.15) is 25.5 Å². The van der Waals surface area contributed by atoms with E-state index in [4.69, 9.17) is 4.98 Å². The Morgan fingerprint density at radius 3 is 2.82 bits per heavy atom. The highest BCUT2D eigenvalue weighted by Gasteiger charge is 2.35. The molecule has 0 saturated heterocycles. The molecule has 28 heavy (non-hydrogen) atoms. The molecule has 1 atom stereocenters. The molecule has 0 unspecified atom stereocenters. The quantitative estimate of drug-likeness (QED) is 0.586. The SMILES string of the molecule is CCSc1cc2ccccc2nc1C1=C[C@H]2CCC=NC(C(F)(F)F)=CC2=N1. The molecule has 0 aliphatic carbocycles. The first-order valence-corrected chi connectivity index (χ1v) is 10.1. The molecule has 3 nitrogen and oxygen atoms in total. The Bertz CT molecular complexity index is 1030. The van der Waals surface area contributed by atoms with Gasteiger partial charge in [-0.2, -0.15) is 13.2 Å². The molecule has 0 N–H and O–H groups in total. The zero-order valence-electron chi connectivity index (χ0n) is 15.2. The van der Waals surface area contributed by atoms with E-state index in [1.54, 1.807) is 11.8 Å². The van der Waals surface area contributed by atoms with Crippen LogP contribution in [0.4, 0.5) is 13.2 Å². The van der Waals surface area contributed by atoms with Gasteiger partial charge in [-0.3, -0.25) is 9.98 Å². The van der Waals surface area contributed by atoms with E-state index in [0.29, 0.717) is 24.3 Å². The van der Waals surface area contributed by atoms with Gasteiger partial charge in [-0.25, -0.2) is 4.98 Å². The van der Waals surface area contributed by atoms with Crippen LogP contribution >= 0.6 is 11.8 Å². The summed E-state index contributed by atoms with van der Waals surface area (Å²) >= 11 is 1.66. The lowest BCUT2D eigenvalue weighted by atomic mass is 9.96. The van der Waals surface area contributed by atoms with Crippen LogP contribution in [0.15, 0.2) is 63.1 Å². The molecular weight excluding hydrogens is 383 g/mol. The van der Waals surface area contributed by atoms with Crippen molar-refractivity contribution in [1.82, 2.24) is 4.98 Å². The van der Waals surface area contributed by atoms with Crippen LogP contribution in [0.2, 0.25) is 0 Å². The van der Waals surface area contributed by atoms with Gasteiger partial charge in [0, 0.05) is 22.4 Å². The van der Waals surface area contributed by atoms with Crippen LogP contribution in [-0.2, 0) is 0 Å². The molecule has 0 bridgehead atoms. The van der Waals surface area contributed by atoms with E-state index in [0.717, 1.165) is 33.3 Å². The van der Waals surface area contributed by atoms with Crippen molar-refractivity contribution in [3.05, 3.63) is 53.9 Å². The molecule has 0 amide bonds. The molecule has 4 rings (SSSR count). The molecule has 144 valence electrons. The Morgan fingerprint density at radius 1 is 1.21 bits per heavy atom. The molecule has 7 heteroatoms. The van der Waals surface area contributed by atoms with Gasteiger partial charge in [0.05, 0.1) is 16.9 Å². The molecule has 2 aromatic rings. The van der Waals surface area contributed by atoms with Crippen molar-refractivity contribution in [3.8, 4) is 0 Å². The second-order valence-electron chi connectivity index (χ2n) is 6.57. The van der Waals surface area contributed by atoms with Crippen LogP contribution in [0, 0.1) is 5.92 Å². The Morgan fingerprint density at radius 2 is 2.04 bits per heavy atom. The van der Waals surface area contributed by atoms with Crippen LogP contribution in [0.5, 0.6) is 0 Å². The smallest absolute Gasteiger partial charge is 0.256 e. The number of hydrogen-bond acceptors (Lipinski definition) is 4. The number of allylic oxidation sites excluding steroid dienone is 3. The van der Waals surface area contributed by atoms with Gasteiger partial charge in [-0.05, 0) is 42.9 Å². The largest absolute Gasteiger partial charge is 0.433 e. The summed E-state index contributed by atoms with van der Waals surface area (Å²) in [5, 5.41) is 1.03. The molecule has 1 aromatic carbocycles. The molecule has 0 fully saturated rings. The number of aliphatic imine (C=N–C) groups is 2. The van der Waals surface area contributed by atoms with Crippen molar-refractivity contribution < 1.29 is 13.2 Å². The third-order valence-electron chi connectivity index (χ3n) is 4.63. The monoisotopic (exact) mass is 401 g/mol. The van der Waals surface area contributed by atoms with Gasteiger partial charge in [-0.15, -0.1) is 11.8 Å². The molecular formula is C21H18F3N3S. The maximum Gasteiger partial charge on any atom is 0.433 e. The Labute approximate surface area is 165 Å². The summed E-state index contributed by atoms with van der Waals surface area (Å²) in [4.78, 5) is 13.9. The second kappa shape index (κ2) is 7.54. The van der Waals surface area contributed by atoms with Gasteiger partial charge in [0.1, 0.15) is 11.4 Å². The van der Waals surface area contributed by atoms with Gasteiger partial charge in [-0.1, -0.05) is 25.1 Å². The average Bonchev–Trinajstić information content (AvgIpc) is 3.02. The highest BCUT2D eigenvalue weighted by molar-refractivity contribution is 7.99. The minimum absolute atomic E-state index is 0.160. The van der Waals surface area contributed by atoms with E-state index in [-0.39, 0.29) is 5.92 Å². The average molecular weight is 401 g/mol. The standard InChI is InChI=1S/C21H18F3N3S/c1-2-28-18-11-14-6-3-4-8-15(14)27-20(18)17-10-13-7-5-9-25-19(21(22,23)24)12-16(13)26-17/h3-4,6,8-13H,2,5,7H2,1H3/t13-/m1/s1. The first-order valence-electron chi connectivity index (χ1n) is 9.10. The summed E-state index contributed by atoms with van der Waals surface area (Å²) in [5.41, 5.74) is 1.72. The third kappa shape index (κ3) is 3.76. The normalized spacial score (nSPS) is 19.6. The number of aromatic nitrogens is 1. The minimum atomic E-state index is -4.49. The van der Waals surface area contributed by atoms with Crippen LogP contribution in [0.25, 0.3) is 16.6 Å². The van der Waals surface area contributed by atoms with Crippen molar-refractivity contribution >= 4 is 40.3 Å². The van der Waals surface area contributed by atoms with Crippen LogP contribution in [-0.4, -0.2) is 28.8 Å². The van der Waals surface area contributed by atoms with Crippen molar-refractivity contribution in [3.63, 3.8) is 0 Å². The van der Waals surface area contributed by atoms with Gasteiger partial charge in [0.15, 0.2) is 0 Å². The van der Waals surface area contributed by atoms with Crippen molar-refractivity contribution in [2.45, 2.75) is 30.8 Å². The van der Waals surface area contributed by atoms with E-state index in [1.165, 1.54) is 6.21 Å². The summed E-state index contributed by atoms with van der Waals surface area (Å²) in [6.45, 7) is 2.06. The lowest BCUT2D eigenvalue weighted by Crippen LogP contribution is -2.16. The summed E-state index contributed by atoms with van der Waals surface area (Å²) in [6.07, 6.45) is 1.01. The summed E-state index contributed by atoms with van der Waals surface area (Å²) in [7, 11) is 0. The number of halogens is 3. The lowest BCUT2D eigenvalue weighted by Gasteiger charge is -2.13. The van der Waals surface area contributed by atoms with Crippen molar-refractivity contribution in [2.24, 2.45) is 15.9 Å². The first kappa shape index (κ1) is 18.9. The van der Waals surface area contributed by atoms with Crippen molar-refractivity contribution in [2.75, 3.05) is 5.75 Å². The summed E-state index contributed by atoms with van der Waals surface area (Å²) < 4.78 is 39.6. The van der Waals surface area contributed by atoms with E-state index >= 15 is 0 Å². The molecule has 2 aliphatic heterocycles. The Hall–Kier alpha value is -2.41. The summed E-state index contributed by atoms with van der Waals surface area (Å²) in [6, 6.07) is 9.90. The number of para-hydroxylation sites is 1. The highest BCUT2D eigenvalue weighted by Crippen LogP contribution is 2.37. The molecule has 0 spiro atoms. The number of alkyl halides is 3. The molecule has 3 heterocycles. The molecule has 2 aliphatic rings. The predicted molar refractivity (Wildman–Crippen MR) is 109 cm³/mol.